The molecule has 3 heteroatoms. The minimum Gasteiger partial charge on any atom is -0.109 e. The molecule has 0 fully saturated rings. The first-order valence-electron chi connectivity index (χ1n) is 1.66. The van der Waals surface area contributed by atoms with Crippen LogP contribution >= 0.6 is 43.6 Å². The molecule has 0 saturated carbocycles. The standard InChI is InChI=1S/C3H6I2Si/c1-2-3-6(4)5/h2,6H,1,3H2. The van der Waals surface area contributed by atoms with Gasteiger partial charge in [-0.25, -0.2) is 0 Å². The summed E-state index contributed by atoms with van der Waals surface area (Å²) in [6.07, 6.45) is 2.00. The third-order valence-corrected chi connectivity index (χ3v) is 4.09. The number of rotatable bonds is 2. The van der Waals surface area contributed by atoms with Gasteiger partial charge in [0.15, 0.2) is 3.79 Å². The Morgan fingerprint density at radius 1 is 1.67 bits per heavy atom. The van der Waals surface area contributed by atoms with E-state index >= 15 is 0 Å². The van der Waals surface area contributed by atoms with Crippen molar-refractivity contribution in [2.45, 2.75) is 6.04 Å². The van der Waals surface area contributed by atoms with E-state index in [-0.39, 0.29) is 3.79 Å². The molecular weight excluding hydrogens is 318 g/mol. The molecule has 36 valence electrons. The summed E-state index contributed by atoms with van der Waals surface area (Å²) in [6.45, 7) is 3.63. The van der Waals surface area contributed by atoms with Gasteiger partial charge in [-0.15, -0.1) is 50.2 Å². The first kappa shape index (κ1) is 7.42. The Morgan fingerprint density at radius 3 is 2.17 bits per heavy atom. The van der Waals surface area contributed by atoms with E-state index < -0.39 is 0 Å². The molecule has 0 aromatic heterocycles. The maximum atomic E-state index is 3.63. The van der Waals surface area contributed by atoms with Crippen LogP contribution in [0.1, 0.15) is 0 Å². The van der Waals surface area contributed by atoms with E-state index in [0.717, 1.165) is 0 Å². The Morgan fingerprint density at radius 2 is 2.17 bits per heavy atom. The van der Waals surface area contributed by atoms with Crippen LogP contribution in [0.4, 0.5) is 0 Å². The van der Waals surface area contributed by atoms with Crippen LogP contribution in [-0.2, 0) is 0 Å². The molecule has 0 unspecified atom stereocenters. The lowest BCUT2D eigenvalue weighted by Crippen LogP contribution is -1.81. The van der Waals surface area contributed by atoms with Crippen LogP contribution in [-0.4, -0.2) is 3.79 Å². The molecule has 0 aliphatic rings. The molecule has 0 saturated heterocycles. The SMILES string of the molecule is C=CC[SiH](I)I. The first-order chi connectivity index (χ1) is 2.77. The van der Waals surface area contributed by atoms with Crippen molar-refractivity contribution < 1.29 is 0 Å². The highest BCUT2D eigenvalue weighted by molar-refractivity contribution is 14.3. The van der Waals surface area contributed by atoms with Gasteiger partial charge in [-0.05, 0) is 6.04 Å². The van der Waals surface area contributed by atoms with E-state index in [2.05, 4.69) is 50.2 Å². The molecule has 0 spiro atoms. The zero-order valence-electron chi connectivity index (χ0n) is 3.32. The third-order valence-electron chi connectivity index (χ3n) is 0.345. The van der Waals surface area contributed by atoms with Crippen LogP contribution in [0.2, 0.25) is 6.04 Å². The highest BCUT2D eigenvalue weighted by Crippen LogP contribution is 2.08. The predicted molar refractivity (Wildman–Crippen MR) is 50.2 cm³/mol. The molecule has 0 aliphatic heterocycles. The van der Waals surface area contributed by atoms with E-state index in [9.17, 15) is 0 Å². The summed E-state index contributed by atoms with van der Waals surface area (Å²) in [5.41, 5.74) is 0. The average Bonchev–Trinajstić information content (AvgIpc) is 1.35. The molecule has 0 aliphatic carbocycles. The maximum absolute atomic E-state index is 3.63. The highest BCUT2D eigenvalue weighted by atomic mass is 127. The molecule has 0 atom stereocenters. The van der Waals surface area contributed by atoms with Crippen molar-refractivity contribution in [2.24, 2.45) is 0 Å². The van der Waals surface area contributed by atoms with E-state index in [1.54, 1.807) is 0 Å². The van der Waals surface area contributed by atoms with Crippen molar-refractivity contribution in [3.63, 3.8) is 0 Å². The van der Waals surface area contributed by atoms with Crippen molar-refractivity contribution in [1.82, 2.24) is 0 Å². The van der Waals surface area contributed by atoms with Gasteiger partial charge < -0.3 is 0 Å². The molecule has 0 aromatic carbocycles. The summed E-state index contributed by atoms with van der Waals surface area (Å²) in [7, 11) is 0. The molecule has 0 rings (SSSR count). The van der Waals surface area contributed by atoms with Gasteiger partial charge in [0.2, 0.25) is 0 Å². The van der Waals surface area contributed by atoms with Crippen molar-refractivity contribution >= 4 is 47.4 Å². The van der Waals surface area contributed by atoms with Crippen molar-refractivity contribution in [1.29, 1.82) is 0 Å². The minimum atomic E-state index is -0.349. The normalized spacial score (nSPS) is 9.17. The molecule has 0 N–H and O–H groups in total. The third kappa shape index (κ3) is 5.42. The van der Waals surface area contributed by atoms with Gasteiger partial charge in [-0.1, -0.05) is 6.08 Å². The summed E-state index contributed by atoms with van der Waals surface area (Å²) < 4.78 is -0.349. The Balaban J connectivity index is 2.81. The molecule has 0 aromatic rings. The van der Waals surface area contributed by atoms with Crippen LogP contribution in [0.3, 0.4) is 0 Å². The lowest BCUT2D eigenvalue weighted by Gasteiger charge is -1.85. The fourth-order valence-electron chi connectivity index (χ4n) is 0.126. The Labute approximate surface area is 65.4 Å². The lowest BCUT2D eigenvalue weighted by atomic mass is 10.8. The van der Waals surface area contributed by atoms with Crippen LogP contribution in [0.15, 0.2) is 12.7 Å². The topological polar surface area (TPSA) is 0 Å². The molecule has 0 bridgehead atoms. The molecular formula is C3H6I2Si. The molecule has 0 heterocycles. The minimum absolute atomic E-state index is 0.349. The fourth-order valence-corrected chi connectivity index (χ4v) is 2.54. The van der Waals surface area contributed by atoms with Gasteiger partial charge in [0.05, 0.1) is 0 Å². The second kappa shape index (κ2) is 4.57. The number of halogens is 2. The summed E-state index contributed by atoms with van der Waals surface area (Å²) in [5, 5.41) is 0. The number of hydrogen-bond acceptors (Lipinski definition) is 0. The van der Waals surface area contributed by atoms with Gasteiger partial charge in [-0.3, -0.25) is 0 Å². The highest BCUT2D eigenvalue weighted by Gasteiger charge is 1.91. The predicted octanol–water partition coefficient (Wildman–Crippen LogP) is 2.26. The van der Waals surface area contributed by atoms with Crippen LogP contribution in [0, 0.1) is 0 Å². The van der Waals surface area contributed by atoms with E-state index in [1.165, 1.54) is 6.04 Å². The molecule has 0 amide bonds. The second-order valence-corrected chi connectivity index (χ2v) is 18.3. The zero-order valence-corrected chi connectivity index (χ0v) is 8.79. The lowest BCUT2D eigenvalue weighted by molar-refractivity contribution is 1.75. The Hall–Kier alpha value is 1.42. The van der Waals surface area contributed by atoms with E-state index in [4.69, 9.17) is 0 Å². The first-order valence-corrected chi connectivity index (χ1v) is 10.8. The summed E-state index contributed by atoms with van der Waals surface area (Å²) >= 11 is 4.99. The largest absolute Gasteiger partial charge is 0.181 e. The fraction of sp³-hybridized carbons (Fsp3) is 0.333. The van der Waals surface area contributed by atoms with E-state index in [1.807, 2.05) is 6.08 Å². The van der Waals surface area contributed by atoms with Crippen LogP contribution in [0.5, 0.6) is 0 Å². The quantitative estimate of drug-likeness (QED) is 0.316. The monoisotopic (exact) mass is 324 g/mol. The Bertz CT molecular complexity index is 44.1. The second-order valence-electron chi connectivity index (χ2n) is 0.915. The van der Waals surface area contributed by atoms with Gasteiger partial charge >= 0.3 is 0 Å². The smallest absolute Gasteiger partial charge is 0.109 e. The summed E-state index contributed by atoms with van der Waals surface area (Å²) in [5.74, 6) is 0. The molecule has 0 radical (unpaired) electrons. The van der Waals surface area contributed by atoms with Crippen molar-refractivity contribution in [2.75, 3.05) is 0 Å². The summed E-state index contributed by atoms with van der Waals surface area (Å²) in [4.78, 5) is 0. The maximum Gasteiger partial charge on any atom is 0.181 e. The average molecular weight is 324 g/mol. The van der Waals surface area contributed by atoms with Gasteiger partial charge in [0.25, 0.3) is 0 Å². The van der Waals surface area contributed by atoms with Crippen molar-refractivity contribution in [3.05, 3.63) is 12.7 Å². The van der Waals surface area contributed by atoms with Gasteiger partial charge in [0.1, 0.15) is 0 Å². The van der Waals surface area contributed by atoms with E-state index in [0.29, 0.717) is 0 Å². The van der Waals surface area contributed by atoms with Crippen molar-refractivity contribution in [3.8, 4) is 0 Å². The van der Waals surface area contributed by atoms with Gasteiger partial charge in [-0.2, -0.15) is 0 Å². The molecule has 6 heavy (non-hydrogen) atoms. The molecule has 0 nitrogen and oxygen atoms in total. The van der Waals surface area contributed by atoms with Gasteiger partial charge in [0, 0.05) is 0 Å². The van der Waals surface area contributed by atoms with Crippen LogP contribution < -0.4 is 0 Å². The Kier molecular flexibility index (Phi) is 5.65. The number of allylic oxidation sites excluding steroid dienone is 1. The van der Waals surface area contributed by atoms with Crippen LogP contribution in [0.25, 0.3) is 0 Å². The summed E-state index contributed by atoms with van der Waals surface area (Å²) in [6, 6.07) is 1.25. The zero-order chi connectivity index (χ0) is 4.99. The number of hydrogen-bond donors (Lipinski definition) is 0.